The molecule has 0 unspecified atom stereocenters. The standard InChI is InChI=1S/C12H13FN2S/c13-11-8-10(9-14)2-3-12(11)15-4-1-6-16-7-5-15/h2-3,8H,1,4-7H2. The molecule has 0 amide bonds. The summed E-state index contributed by atoms with van der Waals surface area (Å²) in [5.41, 5.74) is 1.01. The predicted molar refractivity (Wildman–Crippen MR) is 65.3 cm³/mol. The summed E-state index contributed by atoms with van der Waals surface area (Å²) in [4.78, 5) is 2.07. The van der Waals surface area contributed by atoms with Gasteiger partial charge in [0.15, 0.2) is 0 Å². The molecule has 0 spiro atoms. The fraction of sp³-hybridized carbons (Fsp3) is 0.417. The van der Waals surface area contributed by atoms with Crippen LogP contribution >= 0.6 is 11.8 Å². The van der Waals surface area contributed by atoms with Gasteiger partial charge in [0.1, 0.15) is 5.82 Å². The van der Waals surface area contributed by atoms with E-state index in [0.29, 0.717) is 11.3 Å². The Morgan fingerprint density at radius 2 is 2.19 bits per heavy atom. The maximum absolute atomic E-state index is 13.8. The topological polar surface area (TPSA) is 27.0 Å². The van der Waals surface area contributed by atoms with Crippen LogP contribution in [-0.2, 0) is 0 Å². The third kappa shape index (κ3) is 2.48. The van der Waals surface area contributed by atoms with E-state index >= 15 is 0 Å². The van der Waals surface area contributed by atoms with Gasteiger partial charge in [-0.1, -0.05) is 0 Å². The number of hydrogen-bond acceptors (Lipinski definition) is 3. The van der Waals surface area contributed by atoms with Crippen molar-refractivity contribution in [2.45, 2.75) is 6.42 Å². The van der Waals surface area contributed by atoms with E-state index in [2.05, 4.69) is 4.90 Å². The van der Waals surface area contributed by atoms with Crippen LogP contribution < -0.4 is 4.90 Å². The summed E-state index contributed by atoms with van der Waals surface area (Å²) in [6.07, 6.45) is 1.09. The Labute approximate surface area is 99.1 Å². The van der Waals surface area contributed by atoms with Crippen LogP contribution in [0.15, 0.2) is 18.2 Å². The van der Waals surface area contributed by atoms with Gasteiger partial charge in [-0.15, -0.1) is 0 Å². The molecule has 16 heavy (non-hydrogen) atoms. The zero-order chi connectivity index (χ0) is 11.4. The molecule has 2 nitrogen and oxygen atoms in total. The lowest BCUT2D eigenvalue weighted by Gasteiger charge is -2.22. The normalized spacial score (nSPS) is 16.6. The van der Waals surface area contributed by atoms with Crippen LogP contribution in [0.1, 0.15) is 12.0 Å². The average molecular weight is 236 g/mol. The average Bonchev–Trinajstić information content (AvgIpc) is 2.57. The van der Waals surface area contributed by atoms with E-state index in [1.165, 1.54) is 6.07 Å². The predicted octanol–water partition coefficient (Wildman–Crippen LogP) is 2.64. The lowest BCUT2D eigenvalue weighted by Crippen LogP contribution is -2.26. The fourth-order valence-corrected chi connectivity index (χ4v) is 2.71. The molecule has 4 heteroatoms. The second-order valence-electron chi connectivity index (χ2n) is 3.73. The molecule has 1 saturated heterocycles. The van der Waals surface area contributed by atoms with Crippen molar-refractivity contribution < 1.29 is 4.39 Å². The Balaban J connectivity index is 2.22. The van der Waals surface area contributed by atoms with Crippen molar-refractivity contribution in [1.82, 2.24) is 0 Å². The van der Waals surface area contributed by atoms with Crippen LogP contribution in [0.4, 0.5) is 10.1 Å². The number of hydrogen-bond donors (Lipinski definition) is 0. The van der Waals surface area contributed by atoms with Gasteiger partial charge in [-0.05, 0) is 30.4 Å². The molecule has 1 fully saturated rings. The molecule has 0 aliphatic carbocycles. The highest BCUT2D eigenvalue weighted by atomic mass is 32.2. The van der Waals surface area contributed by atoms with Gasteiger partial charge in [0.25, 0.3) is 0 Å². The summed E-state index contributed by atoms with van der Waals surface area (Å²) in [6, 6.07) is 6.65. The molecule has 0 bridgehead atoms. The van der Waals surface area contributed by atoms with Gasteiger partial charge in [0.2, 0.25) is 0 Å². The summed E-state index contributed by atoms with van der Waals surface area (Å²) in [7, 11) is 0. The minimum absolute atomic E-state index is 0.286. The Hall–Kier alpha value is -1.21. The molecule has 2 rings (SSSR count). The van der Waals surface area contributed by atoms with Crippen LogP contribution in [-0.4, -0.2) is 24.6 Å². The van der Waals surface area contributed by atoms with E-state index in [0.717, 1.165) is 31.0 Å². The second kappa shape index (κ2) is 5.22. The van der Waals surface area contributed by atoms with Gasteiger partial charge in [-0.3, -0.25) is 0 Å². The number of halogens is 1. The first kappa shape index (κ1) is 11.3. The first-order valence-electron chi connectivity index (χ1n) is 5.33. The molecule has 1 heterocycles. The molecule has 84 valence electrons. The smallest absolute Gasteiger partial charge is 0.147 e. The number of thioether (sulfide) groups is 1. The van der Waals surface area contributed by atoms with Gasteiger partial charge in [0.05, 0.1) is 17.3 Å². The van der Waals surface area contributed by atoms with Gasteiger partial charge < -0.3 is 4.90 Å². The minimum Gasteiger partial charge on any atom is -0.368 e. The van der Waals surface area contributed by atoms with E-state index in [1.807, 2.05) is 17.8 Å². The molecule has 0 saturated carbocycles. The van der Waals surface area contributed by atoms with Gasteiger partial charge in [-0.2, -0.15) is 17.0 Å². The van der Waals surface area contributed by atoms with Gasteiger partial charge >= 0.3 is 0 Å². The molecule has 0 N–H and O–H groups in total. The highest BCUT2D eigenvalue weighted by Gasteiger charge is 2.14. The first-order valence-corrected chi connectivity index (χ1v) is 6.49. The number of nitrogens with zero attached hydrogens (tertiary/aromatic N) is 2. The Bertz CT molecular complexity index is 406. The first-order chi connectivity index (χ1) is 7.81. The van der Waals surface area contributed by atoms with Crippen molar-refractivity contribution in [2.75, 3.05) is 29.5 Å². The molecule has 1 aromatic carbocycles. The fourth-order valence-electron chi connectivity index (χ4n) is 1.82. The Morgan fingerprint density at radius 1 is 1.31 bits per heavy atom. The lowest BCUT2D eigenvalue weighted by molar-refractivity contribution is 0.618. The summed E-state index contributed by atoms with van der Waals surface area (Å²) in [5, 5.41) is 8.67. The summed E-state index contributed by atoms with van der Waals surface area (Å²) in [6.45, 7) is 1.78. The maximum Gasteiger partial charge on any atom is 0.147 e. The SMILES string of the molecule is N#Cc1ccc(N2CCCSCC2)c(F)c1. The van der Waals surface area contributed by atoms with Crippen LogP contribution in [0.5, 0.6) is 0 Å². The molecular weight excluding hydrogens is 223 g/mol. The summed E-state index contributed by atoms with van der Waals surface area (Å²) < 4.78 is 13.8. The van der Waals surface area contributed by atoms with E-state index in [4.69, 9.17) is 5.26 Å². The van der Waals surface area contributed by atoms with Crippen molar-refractivity contribution in [3.05, 3.63) is 29.6 Å². The van der Waals surface area contributed by atoms with E-state index in [-0.39, 0.29) is 5.82 Å². The highest BCUT2D eigenvalue weighted by Crippen LogP contribution is 2.23. The summed E-state index contributed by atoms with van der Waals surface area (Å²) in [5.74, 6) is 1.90. The largest absolute Gasteiger partial charge is 0.368 e. The zero-order valence-corrected chi connectivity index (χ0v) is 9.76. The lowest BCUT2D eigenvalue weighted by atomic mass is 10.2. The van der Waals surface area contributed by atoms with Crippen molar-refractivity contribution in [2.24, 2.45) is 0 Å². The van der Waals surface area contributed by atoms with Crippen LogP contribution in [0.2, 0.25) is 0 Å². The van der Waals surface area contributed by atoms with Crippen LogP contribution in [0, 0.1) is 17.1 Å². The van der Waals surface area contributed by atoms with Crippen LogP contribution in [0.3, 0.4) is 0 Å². The molecule has 1 aliphatic heterocycles. The van der Waals surface area contributed by atoms with E-state index < -0.39 is 0 Å². The third-order valence-electron chi connectivity index (χ3n) is 2.64. The van der Waals surface area contributed by atoms with Crippen molar-refractivity contribution >= 4 is 17.4 Å². The zero-order valence-electron chi connectivity index (χ0n) is 8.95. The number of benzene rings is 1. The number of nitriles is 1. The molecule has 0 radical (unpaired) electrons. The van der Waals surface area contributed by atoms with E-state index in [9.17, 15) is 4.39 Å². The van der Waals surface area contributed by atoms with Gasteiger partial charge in [0, 0.05) is 18.8 Å². The molecule has 1 aromatic rings. The number of rotatable bonds is 1. The van der Waals surface area contributed by atoms with Gasteiger partial charge in [-0.25, -0.2) is 4.39 Å². The maximum atomic E-state index is 13.8. The van der Waals surface area contributed by atoms with Crippen LogP contribution in [0.25, 0.3) is 0 Å². The number of anilines is 1. The third-order valence-corrected chi connectivity index (χ3v) is 3.69. The molecule has 0 aromatic heterocycles. The van der Waals surface area contributed by atoms with E-state index in [1.54, 1.807) is 12.1 Å². The highest BCUT2D eigenvalue weighted by molar-refractivity contribution is 7.99. The molecule has 0 atom stereocenters. The quantitative estimate of drug-likeness (QED) is 0.750. The Morgan fingerprint density at radius 3 is 2.94 bits per heavy atom. The van der Waals surface area contributed by atoms with Crippen molar-refractivity contribution in [3.8, 4) is 6.07 Å². The van der Waals surface area contributed by atoms with Crippen molar-refractivity contribution in [3.63, 3.8) is 0 Å². The monoisotopic (exact) mass is 236 g/mol. The Kier molecular flexibility index (Phi) is 3.68. The summed E-state index contributed by atoms with van der Waals surface area (Å²) >= 11 is 1.91. The molecular formula is C12H13FN2S. The molecule has 1 aliphatic rings. The second-order valence-corrected chi connectivity index (χ2v) is 4.96. The minimum atomic E-state index is -0.286. The van der Waals surface area contributed by atoms with Crippen molar-refractivity contribution in [1.29, 1.82) is 5.26 Å².